The lowest BCUT2D eigenvalue weighted by Crippen LogP contribution is -2.20. The number of aryl methyl sites for hydroxylation is 1. The summed E-state index contributed by atoms with van der Waals surface area (Å²) in [6.07, 6.45) is 0. The van der Waals surface area contributed by atoms with Gasteiger partial charge in [-0.2, -0.15) is 0 Å². The Morgan fingerprint density at radius 3 is 0.277 bits per heavy atom. The lowest BCUT2D eigenvalue weighted by Gasteiger charge is -2.18. The molecule has 13 aromatic carbocycles. The fourth-order valence-corrected chi connectivity index (χ4v) is 18.5. The predicted octanol–water partition coefficient (Wildman–Crippen LogP) is 15.8. The Balaban J connectivity index is 0.000000128. The molecule has 0 aliphatic heterocycles. The number of rotatable bonds is 12. The van der Waals surface area contributed by atoms with E-state index in [0.29, 0.717) is 0 Å². The third-order valence-corrected chi connectivity index (χ3v) is 22.9. The van der Waals surface area contributed by atoms with Crippen molar-refractivity contribution in [3.63, 3.8) is 0 Å². The Kier molecular flexibility index (Phi) is 23.9. The van der Waals surface area contributed by atoms with Gasteiger partial charge in [0.25, 0.3) is 0 Å². The number of hydrogen-bond acceptors (Lipinski definition) is 0. The second kappa shape index (κ2) is 33.5. The Bertz CT molecular complexity index is 2890. The van der Waals surface area contributed by atoms with Gasteiger partial charge in [0, 0.05) is 0 Å². The van der Waals surface area contributed by atoms with Gasteiger partial charge in [0.05, 0.1) is 0 Å². The van der Waals surface area contributed by atoms with Crippen LogP contribution in [0.1, 0.15) is 5.56 Å². The summed E-state index contributed by atoms with van der Waals surface area (Å²) in [5.41, 5.74) is 1.32. The quantitative estimate of drug-likeness (QED) is 0.107. The molecule has 83 heavy (non-hydrogen) atoms. The molecule has 4 heteroatoms. The highest BCUT2D eigenvalue weighted by molar-refractivity contribution is 7.81. The molecule has 0 atom stereocenters. The molecule has 0 radical (unpaired) electrons. The summed E-state index contributed by atoms with van der Waals surface area (Å²) >= 11 is 0. The summed E-state index contributed by atoms with van der Waals surface area (Å²) in [5, 5.41) is 16.8. The summed E-state index contributed by atoms with van der Waals surface area (Å²) < 4.78 is 0. The monoisotopic (exact) mass is 1140 g/mol. The minimum absolute atomic E-state index is 0.446. The van der Waals surface area contributed by atoms with Gasteiger partial charge in [-0.25, -0.2) is 0 Å². The Labute approximate surface area is 499 Å². The summed E-state index contributed by atoms with van der Waals surface area (Å²) in [6, 6.07) is 140. The molecule has 0 unspecified atom stereocenters. The topological polar surface area (TPSA) is 0 Å². The van der Waals surface area contributed by atoms with E-state index in [-0.39, 0.29) is 0 Å². The van der Waals surface area contributed by atoms with Crippen LogP contribution in [0, 0.1) is 6.92 Å². The van der Waals surface area contributed by atoms with Crippen LogP contribution in [0.3, 0.4) is 0 Å². The highest BCUT2D eigenvalue weighted by Crippen LogP contribution is 2.35. The van der Waals surface area contributed by atoms with Crippen LogP contribution in [0.25, 0.3) is 0 Å². The van der Waals surface area contributed by atoms with E-state index >= 15 is 0 Å². The molecule has 0 spiro atoms. The molecule has 13 aromatic rings. The SMILES string of the molecule is Cc1ccccc1.c1ccc(P(c2ccccc2)c2ccccc2)cc1.c1ccc(P(c2ccccc2)c2ccccc2)cc1.c1ccc(P(c2ccccc2)c2ccccc2)cc1.c1ccc(P(c2ccccc2)c2ccccc2)cc1. The molecule has 0 saturated carbocycles. The van der Waals surface area contributed by atoms with Crippen LogP contribution in [-0.4, -0.2) is 0 Å². The maximum Gasteiger partial charge on any atom is -0.0134 e. The molecule has 0 saturated heterocycles. The molecule has 0 fully saturated rings. The zero-order valence-corrected chi connectivity index (χ0v) is 50.4. The molecule has 13 rings (SSSR count). The summed E-state index contributed by atoms with van der Waals surface area (Å²) in [7, 11) is -1.78. The average Bonchev–Trinajstić information content (AvgIpc) is 3.68. The highest BCUT2D eigenvalue weighted by Gasteiger charge is 2.18. The van der Waals surface area contributed by atoms with Crippen molar-refractivity contribution in [1.82, 2.24) is 0 Å². The maximum atomic E-state index is 2.23. The third kappa shape index (κ3) is 18.3. The van der Waals surface area contributed by atoms with E-state index in [4.69, 9.17) is 0 Å². The zero-order chi connectivity index (χ0) is 56.8. The second-order valence-electron chi connectivity index (χ2n) is 19.0. The molecule has 404 valence electrons. The van der Waals surface area contributed by atoms with Gasteiger partial charge in [0.15, 0.2) is 0 Å². The first kappa shape index (κ1) is 59.2. The van der Waals surface area contributed by atoms with Gasteiger partial charge < -0.3 is 0 Å². The van der Waals surface area contributed by atoms with Crippen molar-refractivity contribution >= 4 is 95.3 Å². The van der Waals surface area contributed by atoms with E-state index in [1.165, 1.54) is 69.2 Å². The molecule has 0 amide bonds. The van der Waals surface area contributed by atoms with Gasteiger partial charge >= 0.3 is 0 Å². The molecule has 0 N–H and O–H groups in total. The van der Waals surface area contributed by atoms with E-state index in [9.17, 15) is 0 Å². The first-order valence-electron chi connectivity index (χ1n) is 28.0. The van der Waals surface area contributed by atoms with E-state index in [1.807, 2.05) is 18.2 Å². The minimum Gasteiger partial charge on any atom is -0.0622 e. The van der Waals surface area contributed by atoms with Crippen LogP contribution in [0.4, 0.5) is 0 Å². The zero-order valence-electron chi connectivity index (χ0n) is 46.8. The summed E-state index contributed by atoms with van der Waals surface area (Å²) in [6.45, 7) is 2.08. The smallest absolute Gasteiger partial charge is 0.0134 e. The highest BCUT2D eigenvalue weighted by atomic mass is 31.1. The largest absolute Gasteiger partial charge is 0.0622 e. The number of benzene rings is 13. The Morgan fingerprint density at radius 1 is 0.120 bits per heavy atom. The van der Waals surface area contributed by atoms with Crippen LogP contribution in [0.15, 0.2) is 394 Å². The summed E-state index contributed by atoms with van der Waals surface area (Å²) in [4.78, 5) is 0. The molecule has 0 aliphatic rings. The predicted molar refractivity (Wildman–Crippen MR) is 372 cm³/mol. The Hall–Kier alpha value is -8.42. The van der Waals surface area contributed by atoms with Crippen molar-refractivity contribution in [2.24, 2.45) is 0 Å². The van der Waals surface area contributed by atoms with Crippen LogP contribution in [0.2, 0.25) is 0 Å². The van der Waals surface area contributed by atoms with Gasteiger partial charge in [-0.1, -0.05) is 400 Å². The average molecular weight is 1140 g/mol. The van der Waals surface area contributed by atoms with Crippen molar-refractivity contribution in [2.75, 3.05) is 0 Å². The molecule has 0 nitrogen and oxygen atoms in total. The van der Waals surface area contributed by atoms with Crippen molar-refractivity contribution in [1.29, 1.82) is 0 Å². The van der Waals surface area contributed by atoms with Gasteiger partial charge in [-0.3, -0.25) is 0 Å². The fourth-order valence-electron chi connectivity index (χ4n) is 9.25. The van der Waals surface area contributed by atoms with Crippen LogP contribution >= 0.6 is 31.7 Å². The van der Waals surface area contributed by atoms with Gasteiger partial charge in [0.1, 0.15) is 0 Å². The van der Waals surface area contributed by atoms with Crippen LogP contribution in [0.5, 0.6) is 0 Å². The molecule has 0 heterocycles. The van der Waals surface area contributed by atoms with Crippen molar-refractivity contribution in [2.45, 2.75) is 6.92 Å². The molecular formula is C79H68P4. The normalized spacial score (nSPS) is 10.4. The molecule has 0 bridgehead atoms. The van der Waals surface area contributed by atoms with Crippen molar-refractivity contribution in [3.8, 4) is 0 Å². The second-order valence-corrected chi connectivity index (χ2v) is 27.9. The first-order chi connectivity index (χ1) is 41.2. The van der Waals surface area contributed by atoms with E-state index in [1.54, 1.807) is 0 Å². The van der Waals surface area contributed by atoms with Gasteiger partial charge in [-0.15, -0.1) is 0 Å². The number of hydrogen-bond donors (Lipinski definition) is 0. The minimum atomic E-state index is -0.446. The Morgan fingerprint density at radius 2 is 0.205 bits per heavy atom. The fraction of sp³-hybridized carbons (Fsp3) is 0.0127. The van der Waals surface area contributed by atoms with Crippen molar-refractivity contribution in [3.05, 3.63) is 400 Å². The lowest BCUT2D eigenvalue weighted by atomic mass is 10.2. The molecule has 0 aromatic heterocycles. The van der Waals surface area contributed by atoms with Crippen LogP contribution < -0.4 is 63.7 Å². The van der Waals surface area contributed by atoms with E-state index in [0.717, 1.165) is 0 Å². The first-order valence-corrected chi connectivity index (χ1v) is 33.4. The van der Waals surface area contributed by atoms with Gasteiger partial charge in [0.2, 0.25) is 0 Å². The maximum absolute atomic E-state index is 2.23. The molecule has 0 aliphatic carbocycles. The van der Waals surface area contributed by atoms with E-state index < -0.39 is 31.7 Å². The molecular weight excluding hydrogens is 1070 g/mol. The lowest BCUT2D eigenvalue weighted by molar-refractivity contribution is 1.48. The van der Waals surface area contributed by atoms with Gasteiger partial charge in [-0.05, 0) is 102 Å². The van der Waals surface area contributed by atoms with Crippen LogP contribution in [-0.2, 0) is 0 Å². The standard InChI is InChI=1S/4C18H15P.C7H8/c4*1-4-10-16(11-5-1)19(17-12-6-2-7-13-17)18-14-8-3-9-15-18;1-7-5-3-2-4-6-7/h4*1-15H;2-6H,1H3. The summed E-state index contributed by atoms with van der Waals surface area (Å²) in [5.74, 6) is 0. The third-order valence-electron chi connectivity index (χ3n) is 13.1. The van der Waals surface area contributed by atoms with Crippen molar-refractivity contribution < 1.29 is 0 Å². The van der Waals surface area contributed by atoms with E-state index in [2.05, 4.69) is 383 Å².